The molecule has 1 aliphatic rings. The maximum atomic E-state index is 12.6. The fourth-order valence-electron chi connectivity index (χ4n) is 3.59. The zero-order valence-corrected chi connectivity index (χ0v) is 14.7. The van der Waals surface area contributed by atoms with E-state index in [0.717, 1.165) is 18.4 Å². The molecular formula is C19H30N2O. The molecule has 0 saturated heterocycles. The second-order valence-corrected chi connectivity index (χ2v) is 7.67. The van der Waals surface area contributed by atoms with E-state index in [2.05, 4.69) is 32.8 Å². The molecule has 3 heteroatoms. The minimum absolute atomic E-state index is 0.225. The van der Waals surface area contributed by atoms with E-state index in [0.29, 0.717) is 23.9 Å². The van der Waals surface area contributed by atoms with Crippen LogP contribution in [-0.4, -0.2) is 48.9 Å². The lowest BCUT2D eigenvalue weighted by molar-refractivity contribution is -0.134. The van der Waals surface area contributed by atoms with Gasteiger partial charge in [0.25, 0.3) is 0 Å². The van der Waals surface area contributed by atoms with Crippen LogP contribution in [-0.2, 0) is 11.2 Å². The predicted molar refractivity (Wildman–Crippen MR) is 91.8 cm³/mol. The Morgan fingerprint density at radius 3 is 2.36 bits per heavy atom. The molecule has 1 fully saturated rings. The highest BCUT2D eigenvalue weighted by Crippen LogP contribution is 2.38. The van der Waals surface area contributed by atoms with E-state index in [4.69, 9.17) is 0 Å². The van der Waals surface area contributed by atoms with Gasteiger partial charge in [0, 0.05) is 19.1 Å². The van der Waals surface area contributed by atoms with Crippen LogP contribution in [0.5, 0.6) is 0 Å². The van der Waals surface area contributed by atoms with Crippen molar-refractivity contribution in [3.63, 3.8) is 0 Å². The number of rotatable bonds is 4. The topological polar surface area (TPSA) is 23.6 Å². The van der Waals surface area contributed by atoms with Gasteiger partial charge in [0.05, 0.1) is 6.42 Å². The Bertz CT molecular complexity index is 495. The van der Waals surface area contributed by atoms with E-state index in [-0.39, 0.29) is 5.91 Å². The first kappa shape index (κ1) is 17.0. The van der Waals surface area contributed by atoms with Crippen molar-refractivity contribution in [1.82, 2.24) is 9.80 Å². The number of benzene rings is 1. The largest absolute Gasteiger partial charge is 0.341 e. The number of amides is 1. The quantitative estimate of drug-likeness (QED) is 0.853. The van der Waals surface area contributed by atoms with Gasteiger partial charge in [0.2, 0.25) is 5.91 Å². The molecule has 0 bridgehead atoms. The fraction of sp³-hybridized carbons (Fsp3) is 0.632. The van der Waals surface area contributed by atoms with Crippen LogP contribution in [0.1, 0.15) is 38.7 Å². The van der Waals surface area contributed by atoms with Crippen LogP contribution >= 0.6 is 0 Å². The maximum absolute atomic E-state index is 12.6. The van der Waals surface area contributed by atoms with Crippen molar-refractivity contribution >= 4 is 5.91 Å². The number of nitrogens with zero attached hydrogens (tertiary/aromatic N) is 2. The highest BCUT2D eigenvalue weighted by atomic mass is 16.2. The third kappa shape index (κ3) is 4.10. The van der Waals surface area contributed by atoms with Crippen molar-refractivity contribution in [2.24, 2.45) is 5.41 Å². The van der Waals surface area contributed by atoms with Gasteiger partial charge in [-0.1, -0.05) is 44.2 Å². The number of carbonyl (C=O) groups excluding carboxylic acids is 1. The molecule has 122 valence electrons. The number of hydrogen-bond acceptors (Lipinski definition) is 2. The molecule has 2 rings (SSSR count). The van der Waals surface area contributed by atoms with Crippen molar-refractivity contribution < 1.29 is 4.79 Å². The van der Waals surface area contributed by atoms with Crippen LogP contribution < -0.4 is 0 Å². The number of hydrogen-bond donors (Lipinski definition) is 0. The van der Waals surface area contributed by atoms with Crippen molar-refractivity contribution in [3.05, 3.63) is 35.9 Å². The monoisotopic (exact) mass is 302 g/mol. The average molecular weight is 302 g/mol. The second-order valence-electron chi connectivity index (χ2n) is 7.67. The molecule has 0 heterocycles. The zero-order chi connectivity index (χ0) is 16.3. The van der Waals surface area contributed by atoms with E-state index in [1.54, 1.807) is 0 Å². The van der Waals surface area contributed by atoms with Gasteiger partial charge in [-0.25, -0.2) is 0 Å². The third-order valence-electron chi connectivity index (χ3n) is 5.08. The van der Waals surface area contributed by atoms with Crippen LogP contribution in [0.4, 0.5) is 0 Å². The highest BCUT2D eigenvalue weighted by molar-refractivity contribution is 5.78. The third-order valence-corrected chi connectivity index (χ3v) is 5.08. The molecule has 22 heavy (non-hydrogen) atoms. The summed E-state index contributed by atoms with van der Waals surface area (Å²) in [7, 11) is 6.24. The summed E-state index contributed by atoms with van der Waals surface area (Å²) in [6.45, 7) is 4.68. The summed E-state index contributed by atoms with van der Waals surface area (Å²) in [5.74, 6) is 0.225. The van der Waals surface area contributed by atoms with Gasteiger partial charge < -0.3 is 9.80 Å². The maximum Gasteiger partial charge on any atom is 0.227 e. The number of likely N-dealkylation sites (N-methyl/N-ethyl adjacent to an activating group) is 2. The standard InChI is InChI=1S/C19H30N2O/c1-19(2)12-11-16(17(14-19)20(3)4)21(5)18(22)13-15-9-7-6-8-10-15/h6-10,16-17H,11-14H2,1-5H3. The highest BCUT2D eigenvalue weighted by Gasteiger charge is 2.39. The molecule has 1 saturated carbocycles. The molecule has 0 radical (unpaired) electrons. The first-order valence-electron chi connectivity index (χ1n) is 8.26. The van der Waals surface area contributed by atoms with Crippen molar-refractivity contribution in [3.8, 4) is 0 Å². The van der Waals surface area contributed by atoms with E-state index in [1.165, 1.54) is 6.42 Å². The second kappa shape index (κ2) is 6.82. The van der Waals surface area contributed by atoms with Gasteiger partial charge in [0.15, 0.2) is 0 Å². The van der Waals surface area contributed by atoms with Crippen LogP contribution in [0.2, 0.25) is 0 Å². The van der Waals surface area contributed by atoms with E-state index in [1.807, 2.05) is 42.3 Å². The Hall–Kier alpha value is -1.35. The lowest BCUT2D eigenvalue weighted by atomic mass is 9.72. The molecule has 0 aromatic heterocycles. The summed E-state index contributed by atoms with van der Waals surface area (Å²) in [5, 5.41) is 0. The minimum atomic E-state index is 0.225. The van der Waals surface area contributed by atoms with Crippen LogP contribution in [0.25, 0.3) is 0 Å². The Morgan fingerprint density at radius 2 is 1.77 bits per heavy atom. The summed E-state index contributed by atoms with van der Waals surface area (Å²) >= 11 is 0. The molecular weight excluding hydrogens is 272 g/mol. The van der Waals surface area contributed by atoms with Gasteiger partial charge in [-0.2, -0.15) is 0 Å². The smallest absolute Gasteiger partial charge is 0.227 e. The molecule has 0 N–H and O–H groups in total. The Balaban J connectivity index is 2.06. The van der Waals surface area contributed by atoms with E-state index < -0.39 is 0 Å². The van der Waals surface area contributed by atoms with Crippen molar-refractivity contribution in [2.45, 2.75) is 51.6 Å². The molecule has 1 amide bonds. The van der Waals surface area contributed by atoms with Crippen LogP contribution in [0.3, 0.4) is 0 Å². The molecule has 3 nitrogen and oxygen atoms in total. The van der Waals surface area contributed by atoms with Gasteiger partial charge in [-0.15, -0.1) is 0 Å². The Morgan fingerprint density at radius 1 is 1.14 bits per heavy atom. The SMILES string of the molecule is CN(C)C1CC(C)(C)CCC1N(C)C(=O)Cc1ccccc1. The first-order chi connectivity index (χ1) is 10.3. The molecule has 1 aromatic rings. The summed E-state index contributed by atoms with van der Waals surface area (Å²) in [6.07, 6.45) is 3.92. The van der Waals surface area contributed by atoms with E-state index in [9.17, 15) is 4.79 Å². The predicted octanol–water partition coefficient (Wildman–Crippen LogP) is 3.20. The van der Waals surface area contributed by atoms with Gasteiger partial charge >= 0.3 is 0 Å². The Kier molecular flexibility index (Phi) is 5.28. The molecule has 0 spiro atoms. The van der Waals surface area contributed by atoms with Crippen LogP contribution in [0, 0.1) is 5.41 Å². The summed E-state index contributed by atoms with van der Waals surface area (Å²) in [4.78, 5) is 16.9. The zero-order valence-electron chi connectivity index (χ0n) is 14.7. The van der Waals surface area contributed by atoms with Gasteiger partial charge in [0.1, 0.15) is 0 Å². The van der Waals surface area contributed by atoms with Gasteiger partial charge in [-0.3, -0.25) is 4.79 Å². The lowest BCUT2D eigenvalue weighted by Crippen LogP contribution is -2.54. The molecule has 1 aromatic carbocycles. The minimum Gasteiger partial charge on any atom is -0.341 e. The van der Waals surface area contributed by atoms with Gasteiger partial charge in [-0.05, 0) is 44.3 Å². The average Bonchev–Trinajstić information content (AvgIpc) is 2.46. The molecule has 2 atom stereocenters. The van der Waals surface area contributed by atoms with Crippen LogP contribution in [0.15, 0.2) is 30.3 Å². The molecule has 0 aliphatic heterocycles. The number of carbonyl (C=O) groups is 1. The van der Waals surface area contributed by atoms with Crippen molar-refractivity contribution in [2.75, 3.05) is 21.1 Å². The van der Waals surface area contributed by atoms with Crippen molar-refractivity contribution in [1.29, 1.82) is 0 Å². The fourth-order valence-corrected chi connectivity index (χ4v) is 3.59. The Labute approximate surface area is 135 Å². The molecule has 2 unspecified atom stereocenters. The first-order valence-corrected chi connectivity index (χ1v) is 8.26. The summed E-state index contributed by atoms with van der Waals surface area (Å²) in [5.41, 5.74) is 1.46. The lowest BCUT2D eigenvalue weighted by Gasteiger charge is -2.47. The molecule has 1 aliphatic carbocycles. The van der Waals surface area contributed by atoms with E-state index >= 15 is 0 Å². The summed E-state index contributed by atoms with van der Waals surface area (Å²) in [6, 6.07) is 10.8. The normalized spacial score (nSPS) is 24.3. The summed E-state index contributed by atoms with van der Waals surface area (Å²) < 4.78 is 0.